The van der Waals surface area contributed by atoms with E-state index in [0.29, 0.717) is 53.5 Å². The maximum Gasteiger partial charge on any atom is 0.230 e. The number of ether oxygens (including phenoxy) is 2. The van der Waals surface area contributed by atoms with Crippen LogP contribution in [-0.4, -0.2) is 49.6 Å². The van der Waals surface area contributed by atoms with Gasteiger partial charge < -0.3 is 14.0 Å². The summed E-state index contributed by atoms with van der Waals surface area (Å²) >= 11 is 0. The van der Waals surface area contributed by atoms with Crippen molar-refractivity contribution in [3.05, 3.63) is 157 Å². The molecule has 264 valence electrons. The number of rotatable bonds is 12. The van der Waals surface area contributed by atoms with Crippen LogP contribution in [0.3, 0.4) is 0 Å². The summed E-state index contributed by atoms with van der Waals surface area (Å²) in [5, 5.41) is 9.69. The number of benzene rings is 3. The molecule has 4 aromatic heterocycles. The van der Waals surface area contributed by atoms with Crippen LogP contribution in [-0.2, 0) is 10.3 Å². The standard InChI is InChI=1S/C43H37FN6O3/c1-51-23-24-52-34-20-21-35(37(44)25-34)40-36(30-19-22-39-45-26-38(49(39)27-30)41-46-42(53-48-41)29-17-18-29)28-50(47-40)43(31-11-5-2-6-12-31,32-13-7-3-8-14-32)33-15-9-4-10-16-33/h2-15,19-22,25-29,33H,16-18,23-24H2,1H3. The quantitative estimate of drug-likeness (QED) is 0.117. The molecular weight excluding hydrogens is 668 g/mol. The van der Waals surface area contributed by atoms with Gasteiger partial charge in [0.2, 0.25) is 11.7 Å². The predicted molar refractivity (Wildman–Crippen MR) is 200 cm³/mol. The largest absolute Gasteiger partial charge is 0.491 e. The molecule has 0 N–H and O–H groups in total. The first-order valence-corrected chi connectivity index (χ1v) is 17.9. The highest BCUT2D eigenvalue weighted by atomic mass is 19.1. The smallest absolute Gasteiger partial charge is 0.230 e. The van der Waals surface area contributed by atoms with Crippen LogP contribution < -0.4 is 4.74 Å². The summed E-state index contributed by atoms with van der Waals surface area (Å²) in [6.45, 7) is 0.708. The molecule has 9 rings (SSSR count). The number of pyridine rings is 1. The van der Waals surface area contributed by atoms with Gasteiger partial charge in [-0.15, -0.1) is 0 Å². The van der Waals surface area contributed by atoms with E-state index < -0.39 is 11.4 Å². The van der Waals surface area contributed by atoms with E-state index in [2.05, 4.69) is 89.2 Å². The van der Waals surface area contributed by atoms with Gasteiger partial charge in [0.05, 0.1) is 12.8 Å². The number of hydrogen-bond donors (Lipinski definition) is 0. The Hall–Kier alpha value is -6.13. The van der Waals surface area contributed by atoms with Crippen molar-refractivity contribution in [2.45, 2.75) is 30.7 Å². The lowest BCUT2D eigenvalue weighted by molar-refractivity contribution is 0.146. The minimum atomic E-state index is -0.787. The molecule has 10 heteroatoms. The van der Waals surface area contributed by atoms with Gasteiger partial charge in [-0.1, -0.05) is 90.1 Å². The summed E-state index contributed by atoms with van der Waals surface area (Å²) in [5.41, 5.74) is 5.18. The Balaban J connectivity index is 1.27. The van der Waals surface area contributed by atoms with Crippen molar-refractivity contribution in [1.82, 2.24) is 29.3 Å². The summed E-state index contributed by atoms with van der Waals surface area (Å²) < 4.78 is 36.9. The Kier molecular flexibility index (Phi) is 8.52. The summed E-state index contributed by atoms with van der Waals surface area (Å²) in [4.78, 5) is 9.34. The van der Waals surface area contributed by atoms with E-state index in [1.54, 1.807) is 25.4 Å². The Morgan fingerprint density at radius 1 is 0.887 bits per heavy atom. The van der Waals surface area contributed by atoms with Gasteiger partial charge in [0.1, 0.15) is 40.7 Å². The molecule has 2 aliphatic rings. The SMILES string of the molecule is COCCOc1ccc(-c2nn(C(c3ccccc3)(c3ccccc3)C3C=CC=CC3)cc2-c2ccc3ncc(-c4noc(C5CC5)n4)n3c2)c(F)c1. The van der Waals surface area contributed by atoms with Crippen molar-refractivity contribution in [3.63, 3.8) is 0 Å². The molecule has 7 aromatic rings. The zero-order valence-electron chi connectivity index (χ0n) is 29.2. The minimum Gasteiger partial charge on any atom is -0.491 e. The van der Waals surface area contributed by atoms with Crippen LogP contribution in [0.2, 0.25) is 0 Å². The third-order valence-electron chi connectivity index (χ3n) is 10.2. The Bertz CT molecular complexity index is 2400. The van der Waals surface area contributed by atoms with E-state index in [1.165, 1.54) is 6.07 Å². The van der Waals surface area contributed by atoms with E-state index in [4.69, 9.17) is 24.1 Å². The van der Waals surface area contributed by atoms with Crippen LogP contribution in [0.25, 0.3) is 39.5 Å². The first kappa shape index (κ1) is 32.8. The predicted octanol–water partition coefficient (Wildman–Crippen LogP) is 8.88. The number of hydrogen-bond acceptors (Lipinski definition) is 7. The number of halogens is 1. The van der Waals surface area contributed by atoms with E-state index in [9.17, 15) is 0 Å². The van der Waals surface area contributed by atoms with Gasteiger partial charge in [-0.05, 0) is 54.7 Å². The molecule has 0 amide bonds. The van der Waals surface area contributed by atoms with E-state index in [-0.39, 0.29) is 5.92 Å². The topological polar surface area (TPSA) is 92.5 Å². The number of methoxy groups -OCH3 is 1. The molecule has 0 bridgehead atoms. The second kappa shape index (κ2) is 13.8. The summed E-state index contributed by atoms with van der Waals surface area (Å²) in [7, 11) is 1.60. The van der Waals surface area contributed by atoms with Crippen molar-refractivity contribution >= 4 is 5.65 Å². The Labute approximate surface area is 306 Å². The molecular formula is C43H37FN6O3. The van der Waals surface area contributed by atoms with Gasteiger partial charge in [-0.2, -0.15) is 10.1 Å². The van der Waals surface area contributed by atoms with Crippen molar-refractivity contribution in [2.75, 3.05) is 20.3 Å². The van der Waals surface area contributed by atoms with Crippen LogP contribution in [0.15, 0.2) is 138 Å². The van der Waals surface area contributed by atoms with Crippen LogP contribution in [0.1, 0.15) is 42.2 Å². The number of imidazole rings is 1. The van der Waals surface area contributed by atoms with Crippen molar-refractivity contribution in [1.29, 1.82) is 0 Å². The van der Waals surface area contributed by atoms with Gasteiger partial charge in [-0.3, -0.25) is 9.08 Å². The monoisotopic (exact) mass is 704 g/mol. The summed E-state index contributed by atoms with van der Waals surface area (Å²) in [5.74, 6) is 1.43. The first-order chi connectivity index (χ1) is 26.1. The Morgan fingerprint density at radius 3 is 2.38 bits per heavy atom. The Morgan fingerprint density at radius 2 is 1.68 bits per heavy atom. The number of fused-ring (bicyclic) bond motifs is 1. The van der Waals surface area contributed by atoms with Crippen LogP contribution in [0.4, 0.5) is 4.39 Å². The molecule has 0 saturated heterocycles. The normalized spacial score (nSPS) is 15.7. The lowest BCUT2D eigenvalue weighted by Gasteiger charge is -2.41. The number of allylic oxidation sites excluding steroid dienone is 4. The van der Waals surface area contributed by atoms with Gasteiger partial charge in [-0.25, -0.2) is 9.37 Å². The van der Waals surface area contributed by atoms with Gasteiger partial charge in [0.15, 0.2) is 0 Å². The fourth-order valence-corrected chi connectivity index (χ4v) is 7.43. The molecule has 9 nitrogen and oxygen atoms in total. The second-order valence-electron chi connectivity index (χ2n) is 13.5. The minimum absolute atomic E-state index is 0.0130. The lowest BCUT2D eigenvalue weighted by atomic mass is 9.70. The molecule has 1 saturated carbocycles. The molecule has 3 aromatic carbocycles. The molecule has 1 unspecified atom stereocenters. The van der Waals surface area contributed by atoms with E-state index in [0.717, 1.165) is 47.2 Å². The highest BCUT2D eigenvalue weighted by molar-refractivity contribution is 5.82. The van der Waals surface area contributed by atoms with Crippen LogP contribution in [0.5, 0.6) is 5.75 Å². The number of nitrogens with zero attached hydrogens (tertiary/aromatic N) is 6. The summed E-state index contributed by atoms with van der Waals surface area (Å²) in [6, 6.07) is 29.8. The van der Waals surface area contributed by atoms with Crippen molar-refractivity contribution in [3.8, 4) is 39.7 Å². The average molecular weight is 705 g/mol. The summed E-state index contributed by atoms with van der Waals surface area (Å²) in [6.07, 6.45) is 17.3. The fourth-order valence-electron chi connectivity index (χ4n) is 7.43. The molecule has 4 heterocycles. The molecule has 0 aliphatic heterocycles. The highest BCUT2D eigenvalue weighted by Crippen LogP contribution is 2.46. The van der Waals surface area contributed by atoms with E-state index >= 15 is 4.39 Å². The molecule has 0 radical (unpaired) electrons. The third-order valence-corrected chi connectivity index (χ3v) is 10.2. The average Bonchev–Trinajstić information content (AvgIpc) is 3.55. The molecule has 1 fully saturated rings. The van der Waals surface area contributed by atoms with Crippen molar-refractivity contribution < 1.29 is 18.4 Å². The maximum atomic E-state index is 16.4. The number of aromatic nitrogens is 6. The third kappa shape index (κ3) is 5.94. The molecule has 2 aliphatic carbocycles. The van der Waals surface area contributed by atoms with Crippen LogP contribution in [0, 0.1) is 11.7 Å². The van der Waals surface area contributed by atoms with Crippen LogP contribution >= 0.6 is 0 Å². The molecule has 0 spiro atoms. The second-order valence-corrected chi connectivity index (χ2v) is 13.5. The zero-order chi connectivity index (χ0) is 35.8. The lowest BCUT2D eigenvalue weighted by Crippen LogP contribution is -2.43. The maximum absolute atomic E-state index is 16.4. The van der Waals surface area contributed by atoms with Crippen molar-refractivity contribution in [2.24, 2.45) is 5.92 Å². The molecule has 1 atom stereocenters. The molecule has 53 heavy (non-hydrogen) atoms. The van der Waals surface area contributed by atoms with Gasteiger partial charge in [0, 0.05) is 54.1 Å². The van der Waals surface area contributed by atoms with Gasteiger partial charge in [0.25, 0.3) is 0 Å². The van der Waals surface area contributed by atoms with E-state index in [1.807, 2.05) is 39.5 Å². The first-order valence-electron chi connectivity index (χ1n) is 17.9. The van der Waals surface area contributed by atoms with Gasteiger partial charge >= 0.3 is 0 Å². The fraction of sp³-hybridized carbons (Fsp3) is 0.209. The highest BCUT2D eigenvalue weighted by Gasteiger charge is 2.44. The zero-order valence-corrected chi connectivity index (χ0v) is 29.2.